The molecule has 0 aliphatic heterocycles. The SMILES string of the molecule is CN(CC(Nc1ncc(-c2nnc(C(F)F)o2)cn1)c1ccc(OC(F)F)cc1F)S(C)(=O)=O. The molecule has 10 nitrogen and oxygen atoms in total. The number of hydrogen-bond donors (Lipinski definition) is 1. The molecule has 0 radical (unpaired) electrons. The van der Waals surface area contributed by atoms with E-state index >= 15 is 0 Å². The molecular weight excluding hydrogens is 491 g/mol. The van der Waals surface area contributed by atoms with Crippen LogP contribution in [-0.4, -0.2) is 59.3 Å². The zero-order chi connectivity index (χ0) is 25.0. The predicted octanol–water partition coefficient (Wildman–Crippen LogP) is 3.25. The van der Waals surface area contributed by atoms with Crippen LogP contribution in [0.2, 0.25) is 0 Å². The smallest absolute Gasteiger partial charge is 0.387 e. The van der Waals surface area contributed by atoms with E-state index in [-0.39, 0.29) is 29.5 Å². The molecule has 16 heteroatoms. The summed E-state index contributed by atoms with van der Waals surface area (Å²) in [4.78, 5) is 7.96. The third-order valence-electron chi connectivity index (χ3n) is 4.41. The molecule has 2 heterocycles. The van der Waals surface area contributed by atoms with Gasteiger partial charge < -0.3 is 14.5 Å². The molecule has 2 aromatic heterocycles. The Morgan fingerprint density at radius 2 is 1.82 bits per heavy atom. The third kappa shape index (κ3) is 6.34. The summed E-state index contributed by atoms with van der Waals surface area (Å²) in [6, 6.07) is 1.93. The van der Waals surface area contributed by atoms with Crippen molar-refractivity contribution < 1.29 is 39.5 Å². The van der Waals surface area contributed by atoms with E-state index in [1.165, 1.54) is 19.4 Å². The van der Waals surface area contributed by atoms with Crippen LogP contribution in [0.5, 0.6) is 5.75 Å². The summed E-state index contributed by atoms with van der Waals surface area (Å²) in [5.74, 6) is -2.59. The summed E-state index contributed by atoms with van der Waals surface area (Å²) < 4.78 is 98.3. The van der Waals surface area contributed by atoms with Crippen LogP contribution in [0.25, 0.3) is 11.5 Å². The summed E-state index contributed by atoms with van der Waals surface area (Å²) in [6.45, 7) is -3.43. The van der Waals surface area contributed by atoms with E-state index in [0.29, 0.717) is 0 Å². The van der Waals surface area contributed by atoms with Crippen molar-refractivity contribution in [1.29, 1.82) is 0 Å². The average molecular weight is 508 g/mol. The number of rotatable bonds is 10. The second-order valence-corrected chi connectivity index (χ2v) is 8.93. The first-order valence-electron chi connectivity index (χ1n) is 9.30. The highest BCUT2D eigenvalue weighted by Gasteiger charge is 2.24. The fraction of sp³-hybridized carbons (Fsp3) is 0.333. The van der Waals surface area contributed by atoms with Gasteiger partial charge in [-0.3, -0.25) is 0 Å². The van der Waals surface area contributed by atoms with E-state index in [2.05, 4.69) is 30.2 Å². The molecule has 0 fully saturated rings. The maximum atomic E-state index is 14.7. The van der Waals surface area contributed by atoms with Gasteiger partial charge in [0, 0.05) is 37.6 Å². The Hall–Kier alpha value is -3.40. The molecule has 3 aromatic rings. The van der Waals surface area contributed by atoms with Crippen molar-refractivity contribution in [1.82, 2.24) is 24.5 Å². The summed E-state index contributed by atoms with van der Waals surface area (Å²) >= 11 is 0. The molecule has 0 saturated heterocycles. The Balaban J connectivity index is 1.86. The molecule has 34 heavy (non-hydrogen) atoms. The number of hydrogen-bond acceptors (Lipinski definition) is 9. The first kappa shape index (κ1) is 25.2. The minimum atomic E-state index is -3.67. The van der Waals surface area contributed by atoms with Crippen LogP contribution in [0.4, 0.5) is 27.9 Å². The minimum absolute atomic E-state index is 0.0803. The van der Waals surface area contributed by atoms with Gasteiger partial charge in [0.1, 0.15) is 11.6 Å². The number of anilines is 1. The first-order chi connectivity index (χ1) is 15.9. The molecule has 3 rings (SSSR count). The molecular formula is C18H17F5N6O4S. The number of likely N-dealkylation sites (N-methyl/N-ethyl adjacent to an activating group) is 1. The van der Waals surface area contributed by atoms with E-state index in [9.17, 15) is 30.4 Å². The molecule has 0 saturated carbocycles. The molecule has 1 atom stereocenters. The van der Waals surface area contributed by atoms with Crippen LogP contribution >= 0.6 is 0 Å². The van der Waals surface area contributed by atoms with Gasteiger partial charge in [-0.15, -0.1) is 10.2 Å². The van der Waals surface area contributed by atoms with E-state index in [4.69, 9.17) is 4.42 Å². The van der Waals surface area contributed by atoms with Gasteiger partial charge in [0.25, 0.3) is 11.8 Å². The number of aromatic nitrogens is 4. The zero-order valence-electron chi connectivity index (χ0n) is 17.5. The van der Waals surface area contributed by atoms with Crippen molar-refractivity contribution in [3.05, 3.63) is 47.9 Å². The monoisotopic (exact) mass is 508 g/mol. The topological polar surface area (TPSA) is 123 Å². The lowest BCUT2D eigenvalue weighted by atomic mass is 10.1. The van der Waals surface area contributed by atoms with Crippen LogP contribution in [0.1, 0.15) is 23.9 Å². The Bertz CT molecular complexity index is 1230. The van der Waals surface area contributed by atoms with E-state index in [1.807, 2.05) is 0 Å². The molecule has 0 aliphatic rings. The largest absolute Gasteiger partial charge is 0.435 e. The van der Waals surface area contributed by atoms with Crippen LogP contribution in [0.3, 0.4) is 0 Å². The van der Waals surface area contributed by atoms with Gasteiger partial charge in [0.2, 0.25) is 16.0 Å². The summed E-state index contributed by atoms with van der Waals surface area (Å²) in [6.07, 6.45) is 0.336. The summed E-state index contributed by atoms with van der Waals surface area (Å²) in [5, 5.41) is 9.42. The summed E-state index contributed by atoms with van der Waals surface area (Å²) in [5.41, 5.74) is 0.0395. The molecule has 0 spiro atoms. The number of sulfonamides is 1. The number of nitrogens with one attached hydrogen (secondary N) is 1. The Morgan fingerprint density at radius 1 is 1.15 bits per heavy atom. The van der Waals surface area contributed by atoms with Gasteiger partial charge in [-0.2, -0.15) is 17.6 Å². The zero-order valence-corrected chi connectivity index (χ0v) is 18.3. The van der Waals surface area contributed by atoms with Gasteiger partial charge in [0.05, 0.1) is 17.9 Å². The third-order valence-corrected chi connectivity index (χ3v) is 5.69. The Kier molecular flexibility index (Phi) is 7.61. The van der Waals surface area contributed by atoms with Crippen molar-refractivity contribution in [2.24, 2.45) is 0 Å². The molecule has 184 valence electrons. The maximum Gasteiger partial charge on any atom is 0.387 e. The van der Waals surface area contributed by atoms with Gasteiger partial charge in [-0.1, -0.05) is 6.07 Å². The maximum absolute atomic E-state index is 14.7. The molecule has 1 N–H and O–H groups in total. The Morgan fingerprint density at radius 3 is 2.35 bits per heavy atom. The van der Waals surface area contributed by atoms with E-state index < -0.39 is 46.6 Å². The average Bonchev–Trinajstić information content (AvgIpc) is 3.23. The van der Waals surface area contributed by atoms with Gasteiger partial charge in [-0.05, 0) is 6.07 Å². The van der Waals surface area contributed by atoms with Crippen LogP contribution in [-0.2, 0) is 10.0 Å². The van der Waals surface area contributed by atoms with Gasteiger partial charge in [0.15, 0.2) is 0 Å². The fourth-order valence-electron chi connectivity index (χ4n) is 2.69. The lowest BCUT2D eigenvalue weighted by molar-refractivity contribution is -0.0500. The number of halogens is 5. The number of ether oxygens (including phenoxy) is 1. The van der Waals surface area contributed by atoms with Crippen molar-refractivity contribution in [2.45, 2.75) is 19.1 Å². The standard InChI is InChI=1S/C18H17F5N6O4S/c1-29(34(2,30)31)8-13(11-4-3-10(5-12(11)19)32-17(22)23)26-18-24-6-9(7-25-18)15-27-28-16(33-15)14(20)21/h3-7,13-14,17H,8H2,1-2H3,(H,24,25,26). The predicted molar refractivity (Wildman–Crippen MR) is 107 cm³/mol. The number of alkyl halides is 4. The molecule has 1 aromatic carbocycles. The highest BCUT2D eigenvalue weighted by atomic mass is 32.2. The fourth-order valence-corrected chi connectivity index (χ4v) is 3.11. The first-order valence-corrected chi connectivity index (χ1v) is 11.1. The highest BCUT2D eigenvalue weighted by molar-refractivity contribution is 7.88. The van der Waals surface area contributed by atoms with Crippen LogP contribution in [0, 0.1) is 5.82 Å². The molecule has 0 aliphatic carbocycles. The normalized spacial score (nSPS) is 13.0. The highest BCUT2D eigenvalue weighted by Crippen LogP contribution is 2.27. The molecule has 0 bridgehead atoms. The van der Waals surface area contributed by atoms with Crippen LogP contribution in [0.15, 0.2) is 35.0 Å². The lowest BCUT2D eigenvalue weighted by Crippen LogP contribution is -2.33. The second-order valence-electron chi connectivity index (χ2n) is 6.84. The molecule has 1 unspecified atom stereocenters. The minimum Gasteiger partial charge on any atom is -0.435 e. The van der Waals surface area contributed by atoms with Crippen molar-refractivity contribution in [3.8, 4) is 17.2 Å². The van der Waals surface area contributed by atoms with Crippen molar-refractivity contribution in [3.63, 3.8) is 0 Å². The van der Waals surface area contributed by atoms with E-state index in [0.717, 1.165) is 28.8 Å². The van der Waals surface area contributed by atoms with Gasteiger partial charge in [-0.25, -0.2) is 27.1 Å². The second kappa shape index (κ2) is 10.3. The quantitative estimate of drug-likeness (QED) is 0.411. The number of benzene rings is 1. The lowest BCUT2D eigenvalue weighted by Gasteiger charge is -2.24. The van der Waals surface area contributed by atoms with Gasteiger partial charge >= 0.3 is 13.0 Å². The number of nitrogens with zero attached hydrogens (tertiary/aromatic N) is 5. The van der Waals surface area contributed by atoms with Crippen molar-refractivity contribution in [2.75, 3.05) is 25.2 Å². The Labute approximate surface area is 189 Å². The summed E-state index contributed by atoms with van der Waals surface area (Å²) in [7, 11) is -2.41. The molecule has 0 amide bonds. The van der Waals surface area contributed by atoms with Crippen LogP contribution < -0.4 is 10.1 Å². The van der Waals surface area contributed by atoms with Crippen molar-refractivity contribution >= 4 is 16.0 Å². The van der Waals surface area contributed by atoms with E-state index in [1.54, 1.807) is 0 Å².